The fourth-order valence-electron chi connectivity index (χ4n) is 5.00. The molecular formula is C61H110N6O12Si3. The van der Waals surface area contributed by atoms with E-state index in [1.165, 1.54) is 33.1 Å². The van der Waals surface area contributed by atoms with Gasteiger partial charge in [0.05, 0.1) is 78.7 Å². The van der Waals surface area contributed by atoms with Gasteiger partial charge in [-0.05, 0) is 26.6 Å². The number of carbonyl (C=O) groups is 2. The van der Waals surface area contributed by atoms with Gasteiger partial charge in [0.2, 0.25) is 0 Å². The first-order chi connectivity index (χ1) is 38.1. The molecular weight excluding hydrogens is 1090 g/mol. The van der Waals surface area contributed by atoms with Gasteiger partial charge in [0.25, 0.3) is 0 Å². The molecule has 0 spiro atoms. The first-order valence-electron chi connectivity index (χ1n) is 29.0. The summed E-state index contributed by atoms with van der Waals surface area (Å²) < 4.78 is 53.8. The van der Waals surface area contributed by atoms with E-state index in [9.17, 15) is 9.59 Å². The van der Waals surface area contributed by atoms with Gasteiger partial charge in [-0.1, -0.05) is 189 Å². The number of ether oxygens (including phenoxy) is 10. The SMILES string of the molecule is C#CCOC[C@H]1CO1.CC(=O)O[C@@H](COCC#C[Si](C)(C)C(C)(C)C)Cn1cc(COC[C@H]2CO2)nn1.CC(=O)O[C@H](CN=[N+]=[N-])COCC#C[Si](C)(C)C(C)(C)C.CC(C)(C)[Si](C)(C)C#CCOC[C@H]1CO1.CC(C)C.CCCCC. The Morgan fingerprint density at radius 2 is 1.05 bits per heavy atom. The highest BCUT2D eigenvalue weighted by molar-refractivity contribution is 6.88. The predicted molar refractivity (Wildman–Crippen MR) is 337 cm³/mol. The molecule has 4 rings (SSSR count). The zero-order valence-corrected chi connectivity index (χ0v) is 57.9. The van der Waals surface area contributed by atoms with Gasteiger partial charge >= 0.3 is 11.9 Å². The fraction of sp³-hybridized carbons (Fsp3) is 0.803. The van der Waals surface area contributed by atoms with Crippen molar-refractivity contribution in [2.24, 2.45) is 11.0 Å². The second-order valence-corrected chi connectivity index (χ2v) is 40.6. The molecule has 4 heterocycles. The predicted octanol–water partition coefficient (Wildman–Crippen LogP) is 11.8. The lowest BCUT2D eigenvalue weighted by molar-refractivity contribution is -0.150. The Kier molecular flexibility index (Phi) is 41.7. The van der Waals surface area contributed by atoms with E-state index in [2.05, 4.69) is 197 Å². The second kappa shape index (κ2) is 42.7. The van der Waals surface area contributed by atoms with Crippen molar-refractivity contribution in [3.63, 3.8) is 0 Å². The van der Waals surface area contributed by atoms with Gasteiger partial charge in [-0.2, -0.15) is 0 Å². The molecule has 1 aromatic rings. The van der Waals surface area contributed by atoms with E-state index in [0.29, 0.717) is 75.7 Å². The molecule has 18 nitrogen and oxygen atoms in total. The number of hydrogen-bond acceptors (Lipinski definition) is 15. The number of rotatable bonds is 24. The van der Waals surface area contributed by atoms with E-state index in [-0.39, 0.29) is 48.5 Å². The number of terminal acetylenes is 1. The molecule has 468 valence electrons. The molecule has 3 saturated heterocycles. The molecule has 21 heteroatoms. The standard InChI is InChI=1S/C20H33N3O5Si.C14H25N3O3Si.C12H22O2Si.C6H8O2.C5H12.C4H10/c1-16(24)28-18(13-25-8-7-9-29(5,6)20(2,3)4)11-23-10-17(21-22-23)12-26-14-19-15-27-19;1-12(18)20-13(10-16-17-15)11-19-8-7-9-21(5,6)14(2,3)4;1-12(2,3)15(4,5)8-6-7-13-9-11-10-14-11;1-2-3-7-4-6-5-8-6;1-3-5-4-2;1-4(2)3/h10,18-19H,8,11-15H2,1-6H3;13H,8,10-11H2,1-6H3;11H,7,9-10H2,1-5H3;1,6H,3-5H2;3-5H2,1-2H3;4H,1-3H3/t18-,19+;13-;11-;6-;;/m1100../s1. The lowest BCUT2D eigenvalue weighted by Crippen LogP contribution is -2.35. The first-order valence-corrected chi connectivity index (χ1v) is 38.0. The van der Waals surface area contributed by atoms with Crippen LogP contribution >= 0.6 is 0 Å². The molecule has 0 aliphatic carbocycles. The molecule has 82 heavy (non-hydrogen) atoms. The smallest absolute Gasteiger partial charge is 0.303 e. The number of aromatic nitrogens is 3. The number of hydrogen-bond donors (Lipinski definition) is 0. The highest BCUT2D eigenvalue weighted by Crippen LogP contribution is 2.36. The number of unbranched alkanes of at least 4 members (excludes halogenated alkanes) is 2. The van der Waals surface area contributed by atoms with Crippen molar-refractivity contribution in [1.82, 2.24) is 15.0 Å². The van der Waals surface area contributed by atoms with Crippen LogP contribution in [0.2, 0.25) is 54.4 Å². The Labute approximate surface area is 500 Å². The van der Waals surface area contributed by atoms with E-state index in [1.54, 1.807) is 10.9 Å². The van der Waals surface area contributed by atoms with Gasteiger partial charge in [-0.25, -0.2) is 4.68 Å². The average Bonchev–Trinajstić information content (AvgIpc) is 4.25. The number of nitrogens with zero attached hydrogens (tertiary/aromatic N) is 6. The fourth-order valence-corrected chi connectivity index (χ4v) is 7.66. The van der Waals surface area contributed by atoms with Crippen LogP contribution in [0.25, 0.3) is 10.4 Å². The minimum absolute atomic E-state index is 0.0613. The van der Waals surface area contributed by atoms with Crippen LogP contribution in [0.15, 0.2) is 11.3 Å². The molecule has 0 radical (unpaired) electrons. The van der Waals surface area contributed by atoms with E-state index in [0.717, 1.165) is 25.7 Å². The maximum atomic E-state index is 11.4. The summed E-state index contributed by atoms with van der Waals surface area (Å²) in [6.45, 7) is 54.4. The number of esters is 2. The van der Waals surface area contributed by atoms with Crippen LogP contribution in [-0.4, -0.2) is 168 Å². The van der Waals surface area contributed by atoms with Crippen molar-refractivity contribution < 1.29 is 57.0 Å². The van der Waals surface area contributed by atoms with Crippen LogP contribution in [0, 0.1) is 52.7 Å². The molecule has 0 saturated carbocycles. The van der Waals surface area contributed by atoms with Crippen molar-refractivity contribution >= 4 is 36.2 Å². The monoisotopic (exact) mass is 1200 g/mol. The molecule has 0 aromatic carbocycles. The molecule has 3 aliphatic rings. The van der Waals surface area contributed by atoms with Crippen molar-refractivity contribution in [3.05, 3.63) is 22.3 Å². The van der Waals surface area contributed by atoms with Crippen molar-refractivity contribution in [2.75, 3.05) is 85.8 Å². The summed E-state index contributed by atoms with van der Waals surface area (Å²) >= 11 is 0. The van der Waals surface area contributed by atoms with Gasteiger partial charge in [0.1, 0.15) is 86.9 Å². The van der Waals surface area contributed by atoms with Gasteiger partial charge < -0.3 is 47.4 Å². The normalized spacial score (nSPS) is 16.5. The van der Waals surface area contributed by atoms with Crippen molar-refractivity contribution in [2.45, 2.75) is 228 Å². The number of carbonyl (C=O) groups excluding carboxylic acids is 2. The molecule has 0 unspecified atom stereocenters. The number of azide groups is 1. The van der Waals surface area contributed by atoms with Crippen LogP contribution in [0.3, 0.4) is 0 Å². The van der Waals surface area contributed by atoms with Crippen LogP contribution in [0.4, 0.5) is 0 Å². The van der Waals surface area contributed by atoms with Crippen LogP contribution in [0.1, 0.15) is 136 Å². The molecule has 1 aromatic heterocycles. The molecule has 3 aliphatic heterocycles. The Bertz CT molecular complexity index is 2190. The van der Waals surface area contributed by atoms with Gasteiger partial charge in [0, 0.05) is 18.8 Å². The zero-order chi connectivity index (χ0) is 63.1. The minimum atomic E-state index is -1.65. The topological polar surface area (TPSA) is 216 Å². The van der Waals surface area contributed by atoms with Crippen LogP contribution in [0.5, 0.6) is 0 Å². The Morgan fingerprint density at radius 1 is 0.683 bits per heavy atom. The summed E-state index contributed by atoms with van der Waals surface area (Å²) in [6, 6.07) is 0. The lowest BCUT2D eigenvalue weighted by atomic mass is 10.2. The quantitative estimate of drug-likeness (QED) is 0.0138. The third-order valence-corrected chi connectivity index (χ3v) is 26.9. The summed E-state index contributed by atoms with van der Waals surface area (Å²) in [5, 5.41) is 12.3. The lowest BCUT2D eigenvalue weighted by Gasteiger charge is -2.31. The van der Waals surface area contributed by atoms with Gasteiger partial charge in [0.15, 0.2) is 0 Å². The molecule has 0 bridgehead atoms. The Morgan fingerprint density at radius 3 is 1.39 bits per heavy atom. The van der Waals surface area contributed by atoms with Crippen molar-refractivity contribution in [3.8, 4) is 46.7 Å². The second-order valence-electron chi connectivity index (χ2n) is 25.6. The highest BCUT2D eigenvalue weighted by atomic mass is 28.3. The maximum absolute atomic E-state index is 11.4. The Hall–Kier alpha value is -4.04. The maximum Gasteiger partial charge on any atom is 0.303 e. The molecule has 0 N–H and O–H groups in total. The minimum Gasteiger partial charge on any atom is -0.460 e. The number of epoxide rings is 3. The van der Waals surface area contributed by atoms with Crippen LogP contribution < -0.4 is 0 Å². The van der Waals surface area contributed by atoms with E-state index in [1.807, 2.05) is 0 Å². The summed E-state index contributed by atoms with van der Waals surface area (Å²) in [6.07, 6.45) is 10.7. The third-order valence-electron chi connectivity index (χ3n) is 13.2. The summed E-state index contributed by atoms with van der Waals surface area (Å²) in [7, 11) is -4.71. The zero-order valence-electron chi connectivity index (χ0n) is 54.9. The summed E-state index contributed by atoms with van der Waals surface area (Å²) in [4.78, 5) is 25.0. The summed E-state index contributed by atoms with van der Waals surface area (Å²) in [5.41, 5.74) is 19.2. The van der Waals surface area contributed by atoms with E-state index >= 15 is 0 Å². The molecule has 3 fully saturated rings. The van der Waals surface area contributed by atoms with Crippen molar-refractivity contribution in [1.29, 1.82) is 0 Å². The van der Waals surface area contributed by atoms with Crippen LogP contribution in [-0.2, 0) is 70.1 Å². The molecule has 5 atom stereocenters. The van der Waals surface area contributed by atoms with Gasteiger partial charge in [-0.15, -0.1) is 28.2 Å². The van der Waals surface area contributed by atoms with E-state index < -0.39 is 42.4 Å². The Balaban J connectivity index is 0. The van der Waals surface area contributed by atoms with Gasteiger partial charge in [-0.3, -0.25) is 9.59 Å². The highest BCUT2D eigenvalue weighted by Gasteiger charge is 2.35. The molecule has 0 amide bonds. The largest absolute Gasteiger partial charge is 0.460 e. The average molecular weight is 1200 g/mol. The third kappa shape index (κ3) is 45.4. The first kappa shape index (κ1) is 80.0. The van der Waals surface area contributed by atoms with E-state index in [4.69, 9.17) is 59.3 Å². The summed E-state index contributed by atoms with van der Waals surface area (Å²) in [5.74, 6) is 11.7.